The standard InChI is InChI=1S/C30H50N2O11.C13H24N2O5.CH4/c1-2-41-15-4-5-25(33)21-43-18-17-42-16-14-31-28(36)13-12-24(30(39)40)19-26(34)23-10-8-22(9-11-23)20-32-27(35)6-3-7-29(37)38;1-3-11(16)14-8-6-5-7-10(13(18)19)15-12(17)9-20-4-2;/h22-24H,2-21H2,1H3,(H,31,36)(H,32,35)(H,37,38)(H,39,40);10H,3-9H2,1-2H3,(H,14,16)(H,15,17)(H,18,19);1H4. The molecule has 0 radical (unpaired) electrons. The largest absolute Gasteiger partial charge is 0.481 e. The van der Waals surface area contributed by atoms with Gasteiger partial charge >= 0.3 is 17.9 Å². The average Bonchev–Trinajstić information content (AvgIpc) is 3.25. The minimum absolute atomic E-state index is 0. The minimum Gasteiger partial charge on any atom is -0.481 e. The summed E-state index contributed by atoms with van der Waals surface area (Å²) in [6, 6.07) is -0.912. The Morgan fingerprint density at radius 3 is 1.86 bits per heavy atom. The molecule has 1 rings (SSSR count). The lowest BCUT2D eigenvalue weighted by atomic mass is 9.78. The molecule has 0 aromatic rings. The molecule has 0 aromatic heterocycles. The molecule has 1 saturated carbocycles. The van der Waals surface area contributed by atoms with Crippen molar-refractivity contribution in [1.82, 2.24) is 21.3 Å². The average molecular weight is 919 g/mol. The second-order valence-corrected chi connectivity index (χ2v) is 15.2. The summed E-state index contributed by atoms with van der Waals surface area (Å²) < 4.78 is 20.7. The van der Waals surface area contributed by atoms with E-state index in [-0.39, 0.29) is 120 Å². The van der Waals surface area contributed by atoms with Gasteiger partial charge in [0.1, 0.15) is 25.0 Å². The van der Waals surface area contributed by atoms with Gasteiger partial charge in [0, 0.05) is 83.9 Å². The number of hydrogen-bond donors (Lipinski definition) is 7. The van der Waals surface area contributed by atoms with Crippen molar-refractivity contribution in [2.45, 2.75) is 137 Å². The number of ketones is 2. The summed E-state index contributed by atoms with van der Waals surface area (Å²) in [7, 11) is 0. The molecule has 0 spiro atoms. The molecule has 0 bridgehead atoms. The first-order valence-corrected chi connectivity index (χ1v) is 22.2. The molecule has 0 heterocycles. The summed E-state index contributed by atoms with van der Waals surface area (Å²) >= 11 is 0. The van der Waals surface area contributed by atoms with Crippen LogP contribution in [0.25, 0.3) is 0 Å². The zero-order valence-electron chi connectivity index (χ0n) is 37.6. The predicted molar refractivity (Wildman–Crippen MR) is 235 cm³/mol. The number of amides is 4. The minimum atomic E-state index is -1.10. The van der Waals surface area contributed by atoms with E-state index in [2.05, 4.69) is 21.3 Å². The number of carbonyl (C=O) groups excluding carboxylic acids is 6. The van der Waals surface area contributed by atoms with E-state index >= 15 is 0 Å². The Morgan fingerprint density at radius 1 is 0.578 bits per heavy atom. The Balaban J connectivity index is 0. The van der Waals surface area contributed by atoms with Crippen molar-refractivity contribution in [1.29, 1.82) is 0 Å². The molecule has 0 aromatic carbocycles. The fourth-order valence-electron chi connectivity index (χ4n) is 6.32. The van der Waals surface area contributed by atoms with E-state index in [1.54, 1.807) is 13.8 Å². The number of rotatable bonds is 37. The summed E-state index contributed by atoms with van der Waals surface area (Å²) in [5.41, 5.74) is 0. The number of aliphatic carboxylic acids is 3. The Hall–Kier alpha value is -4.53. The van der Waals surface area contributed by atoms with Crippen LogP contribution in [0.2, 0.25) is 0 Å². The van der Waals surface area contributed by atoms with Gasteiger partial charge < -0.3 is 55.5 Å². The first-order valence-electron chi connectivity index (χ1n) is 22.2. The second kappa shape index (κ2) is 40.0. The maximum absolute atomic E-state index is 12.8. The normalized spacial score (nSPS) is 15.2. The smallest absolute Gasteiger partial charge is 0.326 e. The van der Waals surface area contributed by atoms with Gasteiger partial charge in [-0.3, -0.25) is 38.4 Å². The molecule has 1 fully saturated rings. The highest BCUT2D eigenvalue weighted by Gasteiger charge is 2.30. The molecular formula is C44H78N4O16. The van der Waals surface area contributed by atoms with E-state index in [9.17, 15) is 48.3 Å². The van der Waals surface area contributed by atoms with Crippen molar-refractivity contribution in [3.63, 3.8) is 0 Å². The predicted octanol–water partition coefficient (Wildman–Crippen LogP) is 3.06. The maximum Gasteiger partial charge on any atom is 0.326 e. The molecule has 2 atom stereocenters. The lowest BCUT2D eigenvalue weighted by Crippen LogP contribution is -2.42. The number of ether oxygens (including phenoxy) is 4. The number of nitrogens with one attached hydrogen (secondary N) is 4. The molecule has 20 nitrogen and oxygen atoms in total. The van der Waals surface area contributed by atoms with Crippen molar-refractivity contribution >= 4 is 53.1 Å². The third-order valence-corrected chi connectivity index (χ3v) is 9.99. The van der Waals surface area contributed by atoms with Crippen LogP contribution in [0.4, 0.5) is 0 Å². The van der Waals surface area contributed by atoms with E-state index in [0.717, 1.165) is 12.8 Å². The Bertz CT molecular complexity index is 1370. The highest BCUT2D eigenvalue weighted by atomic mass is 16.5. The number of carbonyl (C=O) groups is 9. The number of carboxylic acid groups (broad SMARTS) is 3. The topological polar surface area (TPSA) is 299 Å². The van der Waals surface area contributed by atoms with Gasteiger partial charge in [-0.1, -0.05) is 14.4 Å². The van der Waals surface area contributed by atoms with Crippen LogP contribution in [0.15, 0.2) is 0 Å². The highest BCUT2D eigenvalue weighted by molar-refractivity contribution is 5.86. The summed E-state index contributed by atoms with van der Waals surface area (Å²) in [6.07, 6.45) is 6.21. The summed E-state index contributed by atoms with van der Waals surface area (Å²) in [5, 5.41) is 37.9. The summed E-state index contributed by atoms with van der Waals surface area (Å²) in [4.78, 5) is 104. The molecule has 20 heteroatoms. The number of unbranched alkanes of at least 4 members (excludes halogenated alkanes) is 1. The number of hydrogen-bond acceptors (Lipinski definition) is 13. The van der Waals surface area contributed by atoms with Crippen LogP contribution in [-0.2, 0) is 62.1 Å². The van der Waals surface area contributed by atoms with Crippen LogP contribution in [0.3, 0.4) is 0 Å². The van der Waals surface area contributed by atoms with Crippen LogP contribution < -0.4 is 21.3 Å². The lowest BCUT2D eigenvalue weighted by Gasteiger charge is -2.28. The van der Waals surface area contributed by atoms with Crippen molar-refractivity contribution in [3.8, 4) is 0 Å². The third-order valence-electron chi connectivity index (χ3n) is 9.99. The fraction of sp³-hybridized carbons (Fsp3) is 0.795. The van der Waals surface area contributed by atoms with Crippen LogP contribution in [0.5, 0.6) is 0 Å². The Labute approximate surface area is 378 Å². The lowest BCUT2D eigenvalue weighted by molar-refractivity contribution is -0.145. The van der Waals surface area contributed by atoms with Crippen molar-refractivity contribution in [2.75, 3.05) is 72.5 Å². The maximum atomic E-state index is 12.8. The monoisotopic (exact) mass is 919 g/mol. The molecule has 2 unspecified atom stereocenters. The molecule has 370 valence electrons. The van der Waals surface area contributed by atoms with Gasteiger partial charge in [0.05, 0.1) is 25.7 Å². The van der Waals surface area contributed by atoms with Gasteiger partial charge in [0.2, 0.25) is 23.6 Å². The van der Waals surface area contributed by atoms with E-state index in [1.165, 1.54) is 0 Å². The molecule has 1 aliphatic carbocycles. The third kappa shape index (κ3) is 34.9. The van der Waals surface area contributed by atoms with Gasteiger partial charge in [-0.15, -0.1) is 0 Å². The highest BCUT2D eigenvalue weighted by Crippen LogP contribution is 2.31. The molecule has 7 N–H and O–H groups in total. The van der Waals surface area contributed by atoms with Crippen LogP contribution in [0, 0.1) is 17.8 Å². The SMILES string of the molecule is C.CCOCC(=O)NC(CCCCNC(=O)CC)C(=O)O.CCOCCCC(=O)COCCOCCNC(=O)CCC(CC(=O)C1CCC(CNC(=O)CCCC(=O)O)CC1)C(=O)O. The molecule has 4 amide bonds. The van der Waals surface area contributed by atoms with Crippen molar-refractivity contribution < 1.29 is 77.4 Å². The van der Waals surface area contributed by atoms with E-state index in [0.29, 0.717) is 90.7 Å². The Kier molecular flexibility index (Phi) is 38.5. The summed E-state index contributed by atoms with van der Waals surface area (Å²) in [5.74, 6) is -5.07. The fourth-order valence-corrected chi connectivity index (χ4v) is 6.32. The molecule has 0 aliphatic heterocycles. The van der Waals surface area contributed by atoms with Crippen LogP contribution in [-0.4, -0.2) is 147 Å². The zero-order valence-corrected chi connectivity index (χ0v) is 37.6. The molecule has 64 heavy (non-hydrogen) atoms. The van der Waals surface area contributed by atoms with Crippen LogP contribution >= 0.6 is 0 Å². The number of Topliss-reactive ketones (excluding diaryl/α,β-unsaturated/α-hetero) is 2. The quantitative estimate of drug-likeness (QED) is 0.0441. The van der Waals surface area contributed by atoms with Gasteiger partial charge in [-0.25, -0.2) is 4.79 Å². The van der Waals surface area contributed by atoms with Gasteiger partial charge in [-0.2, -0.15) is 0 Å². The van der Waals surface area contributed by atoms with E-state index in [4.69, 9.17) is 29.2 Å². The first kappa shape index (κ1) is 61.6. The van der Waals surface area contributed by atoms with Crippen LogP contribution in [0.1, 0.15) is 131 Å². The van der Waals surface area contributed by atoms with Gasteiger partial charge in [0.15, 0.2) is 5.78 Å². The molecular weight excluding hydrogens is 840 g/mol. The summed E-state index contributed by atoms with van der Waals surface area (Å²) in [6.45, 7) is 8.93. The van der Waals surface area contributed by atoms with Crippen molar-refractivity contribution in [2.24, 2.45) is 17.8 Å². The number of carboxylic acids is 3. The van der Waals surface area contributed by atoms with Crippen molar-refractivity contribution in [3.05, 3.63) is 0 Å². The molecule has 0 saturated heterocycles. The van der Waals surface area contributed by atoms with E-state index < -0.39 is 35.8 Å². The molecule has 1 aliphatic rings. The van der Waals surface area contributed by atoms with Gasteiger partial charge in [0.25, 0.3) is 0 Å². The first-order chi connectivity index (χ1) is 30.1. The zero-order chi connectivity index (χ0) is 47.3. The Morgan fingerprint density at radius 2 is 1.23 bits per heavy atom. The van der Waals surface area contributed by atoms with E-state index in [1.807, 2.05) is 6.92 Å². The van der Waals surface area contributed by atoms with Gasteiger partial charge in [-0.05, 0) is 84.0 Å². The second-order valence-electron chi connectivity index (χ2n) is 15.2.